The molecule has 1 unspecified atom stereocenters. The lowest BCUT2D eigenvalue weighted by Gasteiger charge is -2.22. The molecule has 0 amide bonds. The van der Waals surface area contributed by atoms with Gasteiger partial charge in [0.25, 0.3) is 0 Å². The number of ether oxygens (including phenoxy) is 1. The Labute approximate surface area is 124 Å². The Hall–Kier alpha value is -0.640. The van der Waals surface area contributed by atoms with Gasteiger partial charge >= 0.3 is 0 Å². The van der Waals surface area contributed by atoms with E-state index in [1.54, 1.807) is 13.4 Å². The van der Waals surface area contributed by atoms with Crippen LogP contribution in [0.4, 0.5) is 0 Å². The van der Waals surface area contributed by atoms with Crippen LogP contribution >= 0.6 is 15.9 Å². The standard InChI is InChI=1S/C15H23BrN2O/c1-19-15-10-14(17-11-18-15)9-13(16)8-7-12-5-3-2-4-6-12/h10-13H,2-9H2,1H3. The Kier molecular flexibility index (Phi) is 6.08. The molecule has 1 aliphatic rings. The van der Waals surface area contributed by atoms with Gasteiger partial charge in [0, 0.05) is 23.0 Å². The molecule has 1 atom stereocenters. The maximum Gasteiger partial charge on any atom is 0.216 e. The van der Waals surface area contributed by atoms with E-state index >= 15 is 0 Å². The summed E-state index contributed by atoms with van der Waals surface area (Å²) in [6.45, 7) is 0. The molecule has 0 saturated heterocycles. The van der Waals surface area contributed by atoms with E-state index in [2.05, 4.69) is 25.9 Å². The first-order valence-electron chi connectivity index (χ1n) is 7.27. The van der Waals surface area contributed by atoms with Crippen LogP contribution in [0, 0.1) is 5.92 Å². The summed E-state index contributed by atoms with van der Waals surface area (Å²) in [6.07, 6.45) is 12.3. The average Bonchev–Trinajstić information content (AvgIpc) is 2.46. The van der Waals surface area contributed by atoms with Crippen LogP contribution in [0.5, 0.6) is 5.88 Å². The molecule has 3 nitrogen and oxygen atoms in total. The van der Waals surface area contributed by atoms with Crippen LogP contribution in [0.2, 0.25) is 0 Å². The van der Waals surface area contributed by atoms with Gasteiger partial charge in [0.1, 0.15) is 6.33 Å². The van der Waals surface area contributed by atoms with Crippen LogP contribution in [0.3, 0.4) is 0 Å². The topological polar surface area (TPSA) is 35.0 Å². The van der Waals surface area contributed by atoms with Crippen LogP contribution in [0.25, 0.3) is 0 Å². The van der Waals surface area contributed by atoms with E-state index in [1.807, 2.05) is 6.07 Å². The van der Waals surface area contributed by atoms with Gasteiger partial charge in [-0.15, -0.1) is 0 Å². The van der Waals surface area contributed by atoms with Crippen molar-refractivity contribution in [1.29, 1.82) is 0 Å². The molecular weight excluding hydrogens is 304 g/mol. The van der Waals surface area contributed by atoms with Crippen molar-refractivity contribution < 1.29 is 4.74 Å². The Morgan fingerprint density at radius 3 is 2.84 bits per heavy atom. The second-order valence-corrected chi connectivity index (χ2v) is 6.73. The minimum absolute atomic E-state index is 0.508. The summed E-state index contributed by atoms with van der Waals surface area (Å²) < 4.78 is 5.13. The largest absolute Gasteiger partial charge is 0.481 e. The van der Waals surface area contributed by atoms with Gasteiger partial charge in [-0.2, -0.15) is 0 Å². The highest BCUT2D eigenvalue weighted by Crippen LogP contribution is 2.29. The van der Waals surface area contributed by atoms with E-state index in [0.717, 1.165) is 18.0 Å². The van der Waals surface area contributed by atoms with Crippen molar-refractivity contribution in [3.05, 3.63) is 18.1 Å². The number of nitrogens with zero attached hydrogens (tertiary/aromatic N) is 2. The number of aromatic nitrogens is 2. The second kappa shape index (κ2) is 7.83. The molecule has 0 spiro atoms. The quantitative estimate of drug-likeness (QED) is 0.736. The normalized spacial score (nSPS) is 18.2. The first-order chi connectivity index (χ1) is 9.28. The van der Waals surface area contributed by atoms with Gasteiger partial charge in [-0.1, -0.05) is 48.0 Å². The molecule has 1 aliphatic carbocycles. The smallest absolute Gasteiger partial charge is 0.216 e. The number of halogens is 1. The Balaban J connectivity index is 1.75. The second-order valence-electron chi connectivity index (χ2n) is 5.43. The van der Waals surface area contributed by atoms with Crippen molar-refractivity contribution in [2.24, 2.45) is 5.92 Å². The first-order valence-corrected chi connectivity index (χ1v) is 8.18. The molecule has 4 heteroatoms. The zero-order chi connectivity index (χ0) is 13.5. The van der Waals surface area contributed by atoms with E-state index in [1.165, 1.54) is 44.9 Å². The molecule has 1 heterocycles. The van der Waals surface area contributed by atoms with Crippen molar-refractivity contribution in [3.63, 3.8) is 0 Å². The van der Waals surface area contributed by atoms with E-state index in [-0.39, 0.29) is 0 Å². The number of hydrogen-bond acceptors (Lipinski definition) is 3. The van der Waals surface area contributed by atoms with Crippen molar-refractivity contribution >= 4 is 15.9 Å². The van der Waals surface area contributed by atoms with Gasteiger partial charge in [0.2, 0.25) is 5.88 Å². The minimum atomic E-state index is 0.508. The highest BCUT2D eigenvalue weighted by Gasteiger charge is 2.15. The fourth-order valence-corrected chi connectivity index (χ4v) is 3.42. The fraction of sp³-hybridized carbons (Fsp3) is 0.733. The summed E-state index contributed by atoms with van der Waals surface area (Å²) in [6, 6.07) is 1.93. The molecule has 1 aromatic rings. The molecule has 106 valence electrons. The summed E-state index contributed by atoms with van der Waals surface area (Å²) in [4.78, 5) is 8.85. The lowest BCUT2D eigenvalue weighted by atomic mass is 9.85. The summed E-state index contributed by atoms with van der Waals surface area (Å²) in [5, 5.41) is 0. The average molecular weight is 327 g/mol. The van der Waals surface area contributed by atoms with E-state index in [0.29, 0.717) is 10.7 Å². The summed E-state index contributed by atoms with van der Waals surface area (Å²) in [5.41, 5.74) is 1.05. The predicted octanol–water partition coefficient (Wildman–Crippen LogP) is 4.15. The zero-order valence-corrected chi connectivity index (χ0v) is 13.2. The number of alkyl halides is 1. The van der Waals surface area contributed by atoms with E-state index in [4.69, 9.17) is 4.74 Å². The summed E-state index contributed by atoms with van der Waals surface area (Å²) in [7, 11) is 1.64. The third-order valence-electron chi connectivity index (χ3n) is 3.95. The monoisotopic (exact) mass is 326 g/mol. The van der Waals surface area contributed by atoms with Gasteiger partial charge in [0.05, 0.1) is 7.11 Å². The third-order valence-corrected chi connectivity index (χ3v) is 4.73. The molecule has 1 aromatic heterocycles. The summed E-state index contributed by atoms with van der Waals surface area (Å²) in [5.74, 6) is 1.60. The van der Waals surface area contributed by atoms with E-state index in [9.17, 15) is 0 Å². The first kappa shape index (κ1) is 14.8. The van der Waals surface area contributed by atoms with Crippen LogP contribution in [-0.2, 0) is 6.42 Å². The molecule has 0 aliphatic heterocycles. The van der Waals surface area contributed by atoms with Crippen molar-refractivity contribution in [3.8, 4) is 5.88 Å². The van der Waals surface area contributed by atoms with Crippen LogP contribution in [0.1, 0.15) is 50.6 Å². The number of rotatable bonds is 6. The van der Waals surface area contributed by atoms with Crippen LogP contribution in [-0.4, -0.2) is 21.9 Å². The van der Waals surface area contributed by atoms with Crippen molar-refractivity contribution in [2.45, 2.75) is 56.2 Å². The van der Waals surface area contributed by atoms with Crippen LogP contribution in [0.15, 0.2) is 12.4 Å². The lowest BCUT2D eigenvalue weighted by molar-refractivity contribution is 0.331. The number of methoxy groups -OCH3 is 1. The highest BCUT2D eigenvalue weighted by atomic mass is 79.9. The zero-order valence-electron chi connectivity index (χ0n) is 11.6. The highest BCUT2D eigenvalue weighted by molar-refractivity contribution is 9.09. The van der Waals surface area contributed by atoms with Gasteiger partial charge in [-0.05, 0) is 18.8 Å². The predicted molar refractivity (Wildman–Crippen MR) is 80.8 cm³/mol. The molecule has 0 N–H and O–H groups in total. The molecule has 0 aromatic carbocycles. The third kappa shape index (κ3) is 5.09. The Morgan fingerprint density at radius 1 is 1.32 bits per heavy atom. The Bertz CT molecular complexity index is 380. The van der Waals surface area contributed by atoms with Crippen LogP contribution < -0.4 is 4.74 Å². The maximum atomic E-state index is 5.13. The molecule has 0 radical (unpaired) electrons. The maximum absolute atomic E-state index is 5.13. The van der Waals surface area contributed by atoms with Gasteiger partial charge in [-0.3, -0.25) is 0 Å². The minimum Gasteiger partial charge on any atom is -0.481 e. The van der Waals surface area contributed by atoms with Gasteiger partial charge < -0.3 is 4.74 Å². The van der Waals surface area contributed by atoms with Crippen molar-refractivity contribution in [2.75, 3.05) is 7.11 Å². The molecule has 1 fully saturated rings. The number of hydrogen-bond donors (Lipinski definition) is 0. The molecule has 1 saturated carbocycles. The van der Waals surface area contributed by atoms with E-state index < -0.39 is 0 Å². The Morgan fingerprint density at radius 2 is 2.11 bits per heavy atom. The fourth-order valence-electron chi connectivity index (χ4n) is 2.82. The van der Waals surface area contributed by atoms with Crippen molar-refractivity contribution in [1.82, 2.24) is 9.97 Å². The van der Waals surface area contributed by atoms with Gasteiger partial charge in [0.15, 0.2) is 0 Å². The lowest BCUT2D eigenvalue weighted by Crippen LogP contribution is -2.11. The molecule has 2 rings (SSSR count). The molecule has 0 bridgehead atoms. The SMILES string of the molecule is COc1cc(CC(Br)CCC2CCCCC2)ncn1. The molecular formula is C15H23BrN2O. The summed E-state index contributed by atoms with van der Waals surface area (Å²) >= 11 is 3.79. The molecule has 19 heavy (non-hydrogen) atoms. The van der Waals surface area contributed by atoms with Gasteiger partial charge in [-0.25, -0.2) is 9.97 Å².